The summed E-state index contributed by atoms with van der Waals surface area (Å²) in [5, 5.41) is 0. The largest absolute Gasteiger partial charge is 0.435 e. The highest BCUT2D eigenvalue weighted by Gasteiger charge is 2.27. The first kappa shape index (κ1) is 11.8. The Hall–Kier alpha value is -1.68. The number of hydrogen-bond acceptors (Lipinski definition) is 4. The molecule has 4 heteroatoms. The first-order valence-corrected chi connectivity index (χ1v) is 5.61. The molecule has 4 nitrogen and oxygen atoms in total. The molecule has 2 rings (SSSR count). The quantitative estimate of drug-likeness (QED) is 0.730. The fourth-order valence-corrected chi connectivity index (χ4v) is 1.75. The van der Waals surface area contributed by atoms with Crippen LogP contribution in [0.4, 0.5) is 0 Å². The lowest BCUT2D eigenvalue weighted by molar-refractivity contribution is -0.137. The van der Waals surface area contributed by atoms with Crippen molar-refractivity contribution < 1.29 is 9.53 Å². The minimum Gasteiger partial charge on any atom is -0.435 e. The molecule has 0 aliphatic carbocycles. The molecule has 1 aromatic rings. The van der Waals surface area contributed by atoms with E-state index in [0.29, 0.717) is 18.7 Å². The highest BCUT2D eigenvalue weighted by atomic mass is 16.6. The van der Waals surface area contributed by atoms with Crippen molar-refractivity contribution in [2.45, 2.75) is 12.6 Å². The summed E-state index contributed by atoms with van der Waals surface area (Å²) >= 11 is 0. The third-order valence-electron chi connectivity index (χ3n) is 2.50. The van der Waals surface area contributed by atoms with Crippen molar-refractivity contribution in [2.24, 2.45) is 4.99 Å². The van der Waals surface area contributed by atoms with Gasteiger partial charge in [0.2, 0.25) is 0 Å². The molecule has 90 valence electrons. The SMILES string of the molecule is CN(C)CC1=NC(Cc2ccccc2)OC1=O. The number of cyclic esters (lactones) is 1. The molecule has 0 aromatic heterocycles. The maximum absolute atomic E-state index is 11.5. The second kappa shape index (κ2) is 5.10. The fraction of sp³-hybridized carbons (Fsp3) is 0.385. The lowest BCUT2D eigenvalue weighted by atomic mass is 10.1. The molecular weight excluding hydrogens is 216 g/mol. The van der Waals surface area contributed by atoms with Crippen molar-refractivity contribution >= 4 is 11.7 Å². The Bertz CT molecular complexity index is 426. The number of ether oxygens (including phenoxy) is 1. The molecule has 0 fully saturated rings. The molecule has 1 heterocycles. The summed E-state index contributed by atoms with van der Waals surface area (Å²) in [6.45, 7) is 0.532. The van der Waals surface area contributed by atoms with E-state index >= 15 is 0 Å². The summed E-state index contributed by atoms with van der Waals surface area (Å²) in [4.78, 5) is 17.7. The normalized spacial score (nSPS) is 19.4. The van der Waals surface area contributed by atoms with Gasteiger partial charge in [0.15, 0.2) is 6.23 Å². The Morgan fingerprint density at radius 1 is 1.29 bits per heavy atom. The predicted octanol–water partition coefficient (Wildman–Crippen LogP) is 1.11. The van der Waals surface area contributed by atoms with Gasteiger partial charge in [-0.15, -0.1) is 0 Å². The number of esters is 1. The van der Waals surface area contributed by atoms with Gasteiger partial charge < -0.3 is 9.64 Å². The third kappa shape index (κ3) is 3.14. The van der Waals surface area contributed by atoms with E-state index in [1.54, 1.807) is 0 Å². The number of aliphatic imine (C=N–C) groups is 1. The van der Waals surface area contributed by atoms with Crippen LogP contribution in [0, 0.1) is 0 Å². The van der Waals surface area contributed by atoms with Crippen molar-refractivity contribution in [3.63, 3.8) is 0 Å². The molecule has 0 spiro atoms. The fourth-order valence-electron chi connectivity index (χ4n) is 1.75. The van der Waals surface area contributed by atoms with Crippen molar-refractivity contribution in [3.05, 3.63) is 35.9 Å². The van der Waals surface area contributed by atoms with E-state index in [1.807, 2.05) is 49.3 Å². The van der Waals surface area contributed by atoms with Gasteiger partial charge in [0.1, 0.15) is 5.71 Å². The van der Waals surface area contributed by atoms with Gasteiger partial charge in [0, 0.05) is 13.0 Å². The van der Waals surface area contributed by atoms with Crippen LogP contribution in [0.5, 0.6) is 0 Å². The van der Waals surface area contributed by atoms with Crippen LogP contribution in [0.2, 0.25) is 0 Å². The molecule has 1 unspecified atom stereocenters. The van der Waals surface area contributed by atoms with Crippen LogP contribution in [-0.4, -0.2) is 43.4 Å². The Morgan fingerprint density at radius 3 is 2.65 bits per heavy atom. The van der Waals surface area contributed by atoms with Crippen LogP contribution in [0.3, 0.4) is 0 Å². The van der Waals surface area contributed by atoms with E-state index in [9.17, 15) is 4.79 Å². The van der Waals surface area contributed by atoms with Gasteiger partial charge in [-0.25, -0.2) is 9.79 Å². The minimum absolute atomic E-state index is 0.292. The summed E-state index contributed by atoms with van der Waals surface area (Å²) in [6.07, 6.45) is 0.281. The summed E-state index contributed by atoms with van der Waals surface area (Å²) in [6, 6.07) is 9.92. The van der Waals surface area contributed by atoms with E-state index in [-0.39, 0.29) is 12.2 Å². The number of carbonyl (C=O) groups is 1. The highest BCUT2D eigenvalue weighted by molar-refractivity contribution is 6.38. The van der Waals surface area contributed by atoms with Crippen LogP contribution in [0.1, 0.15) is 5.56 Å². The molecule has 17 heavy (non-hydrogen) atoms. The third-order valence-corrected chi connectivity index (χ3v) is 2.50. The van der Waals surface area contributed by atoms with Crippen LogP contribution in [-0.2, 0) is 16.0 Å². The van der Waals surface area contributed by atoms with Gasteiger partial charge in [-0.2, -0.15) is 0 Å². The monoisotopic (exact) mass is 232 g/mol. The van der Waals surface area contributed by atoms with Crippen molar-refractivity contribution in [2.75, 3.05) is 20.6 Å². The predicted molar refractivity (Wildman–Crippen MR) is 66.0 cm³/mol. The molecule has 0 amide bonds. The van der Waals surface area contributed by atoms with Crippen molar-refractivity contribution in [1.82, 2.24) is 4.90 Å². The van der Waals surface area contributed by atoms with Gasteiger partial charge in [0.25, 0.3) is 0 Å². The second-order valence-electron chi connectivity index (χ2n) is 4.36. The molecule has 1 aliphatic rings. The molecule has 0 bridgehead atoms. The van der Waals surface area contributed by atoms with Gasteiger partial charge in [-0.3, -0.25) is 0 Å². The Kier molecular flexibility index (Phi) is 3.54. The van der Waals surface area contributed by atoms with Crippen molar-refractivity contribution in [1.29, 1.82) is 0 Å². The van der Waals surface area contributed by atoms with Crippen LogP contribution < -0.4 is 0 Å². The average molecular weight is 232 g/mol. The summed E-state index contributed by atoms with van der Waals surface area (Å²) in [7, 11) is 3.81. The van der Waals surface area contributed by atoms with E-state index in [2.05, 4.69) is 4.99 Å². The minimum atomic E-state index is -0.361. The number of benzene rings is 1. The number of rotatable bonds is 4. The number of hydrogen-bond donors (Lipinski definition) is 0. The number of carbonyl (C=O) groups excluding carboxylic acids is 1. The topological polar surface area (TPSA) is 41.9 Å². The molecular formula is C13H16N2O2. The Balaban J connectivity index is 2.00. The van der Waals surface area contributed by atoms with Gasteiger partial charge >= 0.3 is 5.97 Å². The van der Waals surface area contributed by atoms with E-state index in [1.165, 1.54) is 0 Å². The zero-order valence-corrected chi connectivity index (χ0v) is 10.1. The summed E-state index contributed by atoms with van der Waals surface area (Å²) in [5.74, 6) is -0.292. The lowest BCUT2D eigenvalue weighted by Crippen LogP contribution is -2.26. The first-order valence-electron chi connectivity index (χ1n) is 5.61. The van der Waals surface area contributed by atoms with Crippen LogP contribution >= 0.6 is 0 Å². The van der Waals surface area contributed by atoms with Gasteiger partial charge in [-0.05, 0) is 19.7 Å². The molecule has 0 saturated carbocycles. The molecule has 1 aromatic carbocycles. The maximum atomic E-state index is 11.5. The van der Waals surface area contributed by atoms with E-state index in [4.69, 9.17) is 4.74 Å². The van der Waals surface area contributed by atoms with E-state index < -0.39 is 0 Å². The van der Waals surface area contributed by atoms with Crippen molar-refractivity contribution in [3.8, 4) is 0 Å². The summed E-state index contributed by atoms with van der Waals surface area (Å²) in [5.41, 5.74) is 1.64. The standard InChI is InChI=1S/C13H16N2O2/c1-15(2)9-11-13(16)17-12(14-11)8-10-6-4-3-5-7-10/h3-7,12H,8-9H2,1-2H3. The zero-order chi connectivity index (χ0) is 12.3. The Labute approximate surface area is 101 Å². The molecule has 0 saturated heterocycles. The summed E-state index contributed by atoms with van der Waals surface area (Å²) < 4.78 is 5.21. The highest BCUT2D eigenvalue weighted by Crippen LogP contribution is 2.13. The van der Waals surface area contributed by atoms with Crippen LogP contribution in [0.15, 0.2) is 35.3 Å². The van der Waals surface area contributed by atoms with Crippen LogP contribution in [0.25, 0.3) is 0 Å². The lowest BCUT2D eigenvalue weighted by Gasteiger charge is -2.06. The molecule has 1 atom stereocenters. The molecule has 1 aliphatic heterocycles. The van der Waals surface area contributed by atoms with Gasteiger partial charge in [0.05, 0.1) is 0 Å². The zero-order valence-electron chi connectivity index (χ0n) is 10.1. The second-order valence-corrected chi connectivity index (χ2v) is 4.36. The number of nitrogens with zero attached hydrogens (tertiary/aromatic N) is 2. The Morgan fingerprint density at radius 2 is 2.00 bits per heavy atom. The smallest absolute Gasteiger partial charge is 0.355 e. The first-order chi connectivity index (χ1) is 8.15. The molecule has 0 N–H and O–H groups in total. The molecule has 0 radical (unpaired) electrons. The maximum Gasteiger partial charge on any atom is 0.355 e. The average Bonchev–Trinajstić information content (AvgIpc) is 2.59. The van der Waals surface area contributed by atoms with Gasteiger partial charge in [-0.1, -0.05) is 30.3 Å². The van der Waals surface area contributed by atoms with E-state index in [0.717, 1.165) is 5.56 Å².